The fourth-order valence-corrected chi connectivity index (χ4v) is 4.27. The Bertz CT molecular complexity index is 1230. The van der Waals surface area contributed by atoms with Crippen LogP contribution >= 0.6 is 11.6 Å². The van der Waals surface area contributed by atoms with E-state index in [4.69, 9.17) is 11.6 Å². The summed E-state index contributed by atoms with van der Waals surface area (Å²) in [6.07, 6.45) is 1.25. The maximum absolute atomic E-state index is 13.8. The molecule has 1 aliphatic rings. The van der Waals surface area contributed by atoms with Crippen molar-refractivity contribution in [1.82, 2.24) is 9.71 Å². The number of pyridine rings is 1. The van der Waals surface area contributed by atoms with E-state index in [1.165, 1.54) is 36.5 Å². The molecule has 0 atom stereocenters. The lowest BCUT2D eigenvalue weighted by Gasteiger charge is -2.24. The van der Waals surface area contributed by atoms with Crippen LogP contribution in [0.1, 0.15) is 5.56 Å². The zero-order chi connectivity index (χ0) is 20.6. The van der Waals surface area contributed by atoms with Gasteiger partial charge in [-0.2, -0.15) is 4.39 Å². The van der Waals surface area contributed by atoms with Crippen molar-refractivity contribution in [3.8, 4) is 11.1 Å². The Kier molecular flexibility index (Phi) is 4.93. The summed E-state index contributed by atoms with van der Waals surface area (Å²) in [7, 11) is -3.91. The smallest absolute Gasteiger partial charge is 0.266 e. The van der Waals surface area contributed by atoms with Gasteiger partial charge in [0.15, 0.2) is 0 Å². The lowest BCUT2D eigenvalue weighted by molar-refractivity contribution is 0.585. The van der Waals surface area contributed by atoms with Crippen LogP contribution in [0.15, 0.2) is 64.6 Å². The van der Waals surface area contributed by atoms with Gasteiger partial charge < -0.3 is 5.32 Å². The van der Waals surface area contributed by atoms with Gasteiger partial charge in [0.05, 0.1) is 12.2 Å². The molecule has 148 valence electrons. The van der Waals surface area contributed by atoms with Crippen LogP contribution in [0.2, 0.25) is 5.02 Å². The Labute approximate surface area is 170 Å². The summed E-state index contributed by atoms with van der Waals surface area (Å²) < 4.78 is 54.6. The highest BCUT2D eigenvalue weighted by Crippen LogP contribution is 2.38. The number of nitrogens with one attached hydrogen (secondary N) is 2. The largest absolute Gasteiger partial charge is 0.324 e. The molecule has 2 aromatic carbocycles. The first-order valence-corrected chi connectivity index (χ1v) is 10.2. The zero-order valence-electron chi connectivity index (χ0n) is 14.7. The number of nitrogens with zero attached hydrogens (tertiary/aromatic N) is 2. The molecule has 4 rings (SSSR count). The van der Waals surface area contributed by atoms with Gasteiger partial charge in [-0.25, -0.2) is 27.5 Å². The molecule has 3 aromatic rings. The molecule has 2 heterocycles. The molecule has 0 bridgehead atoms. The summed E-state index contributed by atoms with van der Waals surface area (Å²) in [5, 5.41) is 2.71. The molecule has 0 unspecified atom stereocenters. The standard InChI is InChI=1S/C19H13ClF2N4O2S/c20-16-13(8-9-23-18(16)22)14-2-1-3-15-17(14)25-19(26-29(15,27)28)24-10-11-4-6-12(21)7-5-11/h1-9H,10H2,(H2,24,25,26). The Hall–Kier alpha value is -3.04. The van der Waals surface area contributed by atoms with Crippen LogP contribution in [0.3, 0.4) is 0 Å². The van der Waals surface area contributed by atoms with Crippen molar-refractivity contribution in [2.45, 2.75) is 11.4 Å². The zero-order valence-corrected chi connectivity index (χ0v) is 16.2. The van der Waals surface area contributed by atoms with Gasteiger partial charge in [-0.15, -0.1) is 0 Å². The monoisotopic (exact) mass is 434 g/mol. The van der Waals surface area contributed by atoms with Crippen LogP contribution in [-0.4, -0.2) is 19.4 Å². The third kappa shape index (κ3) is 3.79. The fourth-order valence-electron chi connectivity index (χ4n) is 2.89. The lowest BCUT2D eigenvalue weighted by Crippen LogP contribution is -2.41. The summed E-state index contributed by atoms with van der Waals surface area (Å²) in [4.78, 5) is 7.69. The fraction of sp³-hybridized carbons (Fsp3) is 0.0526. The van der Waals surface area contributed by atoms with E-state index in [9.17, 15) is 17.2 Å². The Morgan fingerprint density at radius 3 is 2.55 bits per heavy atom. The predicted octanol–water partition coefficient (Wildman–Crippen LogP) is 3.94. The van der Waals surface area contributed by atoms with Gasteiger partial charge in [0.1, 0.15) is 15.7 Å². The molecule has 1 aliphatic heterocycles. The van der Waals surface area contributed by atoms with Crippen molar-refractivity contribution in [3.63, 3.8) is 0 Å². The number of hydrogen-bond acceptors (Lipinski definition) is 4. The molecule has 0 radical (unpaired) electrons. The second kappa shape index (κ2) is 7.41. The topological polar surface area (TPSA) is 83.5 Å². The van der Waals surface area contributed by atoms with Crippen LogP contribution in [-0.2, 0) is 16.6 Å². The first-order chi connectivity index (χ1) is 13.8. The van der Waals surface area contributed by atoms with Crippen LogP contribution < -0.4 is 10.0 Å². The number of fused-ring (bicyclic) bond motifs is 1. The minimum atomic E-state index is -3.91. The molecular formula is C19H13ClF2N4O2S. The van der Waals surface area contributed by atoms with Crippen molar-refractivity contribution < 1.29 is 17.2 Å². The first-order valence-electron chi connectivity index (χ1n) is 8.37. The number of hydrogen-bond donors (Lipinski definition) is 2. The number of halogens is 3. The van der Waals surface area contributed by atoms with Crippen LogP contribution in [0.4, 0.5) is 14.5 Å². The van der Waals surface area contributed by atoms with Crippen molar-refractivity contribution in [2.75, 3.05) is 5.32 Å². The predicted molar refractivity (Wildman–Crippen MR) is 106 cm³/mol. The second-order valence-corrected chi connectivity index (χ2v) is 8.19. The van der Waals surface area contributed by atoms with Gasteiger partial charge in [-0.3, -0.25) is 0 Å². The first kappa shape index (κ1) is 19.3. The normalized spacial score (nSPS) is 16.0. The van der Waals surface area contributed by atoms with E-state index >= 15 is 0 Å². The molecule has 0 amide bonds. The summed E-state index contributed by atoms with van der Waals surface area (Å²) in [5.74, 6) is -1.25. The molecular weight excluding hydrogens is 422 g/mol. The van der Waals surface area contributed by atoms with Crippen molar-refractivity contribution in [3.05, 3.63) is 77.1 Å². The molecule has 0 spiro atoms. The highest BCUT2D eigenvalue weighted by atomic mass is 35.5. The van der Waals surface area contributed by atoms with Gasteiger partial charge in [-0.05, 0) is 29.8 Å². The summed E-state index contributed by atoms with van der Waals surface area (Å²) in [6, 6.07) is 11.7. The molecule has 1 aromatic heterocycles. The van der Waals surface area contributed by atoms with Crippen molar-refractivity contribution >= 4 is 33.3 Å². The highest BCUT2D eigenvalue weighted by Gasteiger charge is 2.29. The van der Waals surface area contributed by atoms with E-state index in [-0.39, 0.29) is 33.9 Å². The summed E-state index contributed by atoms with van der Waals surface area (Å²) in [6.45, 7) is 0.118. The minimum Gasteiger partial charge on any atom is -0.324 e. The van der Waals surface area contributed by atoms with E-state index in [2.05, 4.69) is 20.0 Å². The van der Waals surface area contributed by atoms with Gasteiger partial charge in [0, 0.05) is 17.3 Å². The third-order valence-corrected chi connectivity index (χ3v) is 6.00. The van der Waals surface area contributed by atoms with Crippen LogP contribution in [0.5, 0.6) is 0 Å². The molecule has 0 saturated heterocycles. The quantitative estimate of drug-likeness (QED) is 0.611. The summed E-state index contributed by atoms with van der Waals surface area (Å²) in [5.41, 5.74) is 1.58. The lowest BCUT2D eigenvalue weighted by atomic mass is 10.0. The SMILES string of the molecule is O=S1(=O)NC(=NCc2ccc(F)cc2)Nc2c(-c3ccnc(F)c3Cl)cccc21. The number of rotatable bonds is 3. The minimum absolute atomic E-state index is 0.0140. The van der Waals surface area contributed by atoms with Gasteiger partial charge in [0.25, 0.3) is 10.0 Å². The van der Waals surface area contributed by atoms with Gasteiger partial charge >= 0.3 is 0 Å². The maximum Gasteiger partial charge on any atom is 0.266 e. The van der Waals surface area contributed by atoms with Crippen LogP contribution in [0.25, 0.3) is 11.1 Å². The number of aromatic nitrogens is 1. The number of anilines is 1. The number of para-hydroxylation sites is 1. The number of benzene rings is 2. The van der Waals surface area contributed by atoms with Crippen LogP contribution in [0, 0.1) is 11.8 Å². The van der Waals surface area contributed by atoms with Gasteiger partial charge in [-0.1, -0.05) is 35.9 Å². The van der Waals surface area contributed by atoms with E-state index < -0.39 is 16.0 Å². The molecule has 6 nitrogen and oxygen atoms in total. The van der Waals surface area contributed by atoms with E-state index in [0.717, 1.165) is 0 Å². The number of sulfonamides is 1. The average Bonchev–Trinajstić information content (AvgIpc) is 2.69. The van der Waals surface area contributed by atoms with Gasteiger partial charge in [0.2, 0.25) is 11.9 Å². The van der Waals surface area contributed by atoms with E-state index in [0.29, 0.717) is 16.7 Å². The molecule has 29 heavy (non-hydrogen) atoms. The molecule has 2 N–H and O–H groups in total. The number of guanidine groups is 1. The average molecular weight is 435 g/mol. The summed E-state index contributed by atoms with van der Waals surface area (Å²) >= 11 is 6.04. The highest BCUT2D eigenvalue weighted by molar-refractivity contribution is 7.90. The Morgan fingerprint density at radius 1 is 1.03 bits per heavy atom. The molecule has 0 aliphatic carbocycles. The molecule has 10 heteroatoms. The van der Waals surface area contributed by atoms with E-state index in [1.807, 2.05) is 0 Å². The van der Waals surface area contributed by atoms with Crippen molar-refractivity contribution in [1.29, 1.82) is 0 Å². The van der Waals surface area contributed by atoms with Crippen molar-refractivity contribution in [2.24, 2.45) is 4.99 Å². The van der Waals surface area contributed by atoms with E-state index in [1.54, 1.807) is 18.2 Å². The molecule has 0 saturated carbocycles. The number of aliphatic imine (C=N–C) groups is 1. The Balaban J connectivity index is 1.76. The third-order valence-electron chi connectivity index (χ3n) is 4.26. The Morgan fingerprint density at radius 2 is 1.79 bits per heavy atom. The maximum atomic E-state index is 13.8. The molecule has 0 fully saturated rings. The second-order valence-electron chi connectivity index (χ2n) is 6.16.